The van der Waals surface area contributed by atoms with Crippen molar-refractivity contribution in [2.75, 3.05) is 33.5 Å². The van der Waals surface area contributed by atoms with E-state index in [1.165, 1.54) is 13.2 Å². The Kier molecular flexibility index (Phi) is 5.85. The zero-order valence-corrected chi connectivity index (χ0v) is 15.3. The van der Waals surface area contributed by atoms with Crippen molar-refractivity contribution in [2.24, 2.45) is 0 Å². The number of likely N-dealkylation sites (tertiary alicyclic amines) is 1. The number of fused-ring (bicyclic) bond motifs is 1. The lowest BCUT2D eigenvalue weighted by atomic mass is 10.00. The number of benzene rings is 1. The highest BCUT2D eigenvalue weighted by molar-refractivity contribution is 5.93. The average Bonchev–Trinajstić information content (AvgIpc) is 2.70. The van der Waals surface area contributed by atoms with E-state index in [-0.39, 0.29) is 24.1 Å². The largest absolute Gasteiger partial charge is 0.493 e. The van der Waals surface area contributed by atoms with Crippen molar-refractivity contribution in [2.45, 2.75) is 38.6 Å². The molecule has 0 saturated carbocycles. The van der Waals surface area contributed by atoms with E-state index >= 15 is 0 Å². The van der Waals surface area contributed by atoms with Crippen molar-refractivity contribution in [1.82, 2.24) is 4.90 Å². The van der Waals surface area contributed by atoms with Gasteiger partial charge < -0.3 is 23.8 Å². The zero-order chi connectivity index (χ0) is 18.5. The van der Waals surface area contributed by atoms with Crippen molar-refractivity contribution in [3.05, 3.63) is 17.7 Å². The quantitative estimate of drug-likeness (QED) is 0.748. The summed E-state index contributed by atoms with van der Waals surface area (Å²) in [6.07, 6.45) is 4.06. The van der Waals surface area contributed by atoms with E-state index in [9.17, 15) is 9.59 Å². The first-order valence-electron chi connectivity index (χ1n) is 9.08. The predicted molar refractivity (Wildman–Crippen MR) is 93.9 cm³/mol. The first-order valence-corrected chi connectivity index (χ1v) is 9.08. The molecule has 2 aliphatic heterocycles. The molecule has 7 heteroatoms. The maximum atomic E-state index is 12.4. The normalized spacial score (nSPS) is 19.0. The number of ether oxygens (including phenoxy) is 4. The van der Waals surface area contributed by atoms with Gasteiger partial charge in [-0.25, -0.2) is 4.79 Å². The Morgan fingerprint density at radius 1 is 1.23 bits per heavy atom. The van der Waals surface area contributed by atoms with Crippen molar-refractivity contribution in [3.8, 4) is 17.2 Å². The van der Waals surface area contributed by atoms with E-state index in [0.29, 0.717) is 30.5 Å². The molecule has 2 heterocycles. The highest BCUT2D eigenvalue weighted by Crippen LogP contribution is 2.40. The van der Waals surface area contributed by atoms with Gasteiger partial charge in [0.1, 0.15) is 13.2 Å². The summed E-state index contributed by atoms with van der Waals surface area (Å²) in [6.45, 7) is 3.37. The standard InChI is InChI=1S/C19H25NO6/c1-3-14-6-4-5-7-20(14)17(21)12-26-19(22)13-10-15(23-2)18-16(11-13)24-8-9-25-18/h10-11,14H,3-9,12H2,1-2H3/t14-/m0/s1. The van der Waals surface area contributed by atoms with Gasteiger partial charge in [-0.2, -0.15) is 0 Å². The Labute approximate surface area is 153 Å². The van der Waals surface area contributed by atoms with Crippen LogP contribution in [0.4, 0.5) is 0 Å². The third-order valence-electron chi connectivity index (χ3n) is 4.81. The van der Waals surface area contributed by atoms with Crippen LogP contribution in [0.2, 0.25) is 0 Å². The molecule has 1 fully saturated rings. The highest BCUT2D eigenvalue weighted by atomic mass is 16.6. The molecule has 0 spiro atoms. The molecule has 1 aromatic rings. The maximum Gasteiger partial charge on any atom is 0.338 e. The minimum absolute atomic E-state index is 0.144. The number of hydrogen-bond donors (Lipinski definition) is 0. The van der Waals surface area contributed by atoms with Gasteiger partial charge >= 0.3 is 5.97 Å². The van der Waals surface area contributed by atoms with Crippen LogP contribution in [0.15, 0.2) is 12.1 Å². The summed E-state index contributed by atoms with van der Waals surface area (Å²) in [4.78, 5) is 26.7. The molecule has 0 unspecified atom stereocenters. The Balaban J connectivity index is 1.65. The minimum Gasteiger partial charge on any atom is -0.493 e. The molecule has 142 valence electrons. The summed E-state index contributed by atoms with van der Waals surface area (Å²) in [6, 6.07) is 3.33. The van der Waals surface area contributed by atoms with E-state index < -0.39 is 5.97 Å². The third kappa shape index (κ3) is 3.86. The van der Waals surface area contributed by atoms with E-state index in [2.05, 4.69) is 6.92 Å². The summed E-state index contributed by atoms with van der Waals surface area (Å²) in [5.74, 6) is 0.595. The van der Waals surface area contributed by atoms with Crippen molar-refractivity contribution < 1.29 is 28.5 Å². The Hall–Kier alpha value is -2.44. The van der Waals surface area contributed by atoms with Gasteiger partial charge in [-0.3, -0.25) is 4.79 Å². The summed E-state index contributed by atoms with van der Waals surface area (Å²) < 4.78 is 21.5. The topological polar surface area (TPSA) is 74.3 Å². The SMILES string of the molecule is CC[C@H]1CCCCN1C(=O)COC(=O)c1cc(OC)c2c(c1)OCCO2. The maximum absolute atomic E-state index is 12.4. The zero-order valence-electron chi connectivity index (χ0n) is 15.3. The van der Waals surface area contributed by atoms with Gasteiger partial charge in [0, 0.05) is 12.6 Å². The summed E-state index contributed by atoms with van der Waals surface area (Å²) in [5, 5.41) is 0. The molecular formula is C19H25NO6. The number of carbonyl (C=O) groups excluding carboxylic acids is 2. The van der Waals surface area contributed by atoms with Gasteiger partial charge in [-0.15, -0.1) is 0 Å². The second-order valence-corrected chi connectivity index (χ2v) is 6.42. The molecule has 0 radical (unpaired) electrons. The van der Waals surface area contributed by atoms with Crippen LogP contribution in [0.3, 0.4) is 0 Å². The Morgan fingerprint density at radius 2 is 2.04 bits per heavy atom. The van der Waals surface area contributed by atoms with Crippen molar-refractivity contribution in [3.63, 3.8) is 0 Å². The molecule has 3 rings (SSSR count). The van der Waals surface area contributed by atoms with E-state index in [4.69, 9.17) is 18.9 Å². The molecule has 1 aromatic carbocycles. The van der Waals surface area contributed by atoms with Crippen LogP contribution in [-0.2, 0) is 9.53 Å². The number of rotatable bonds is 5. The Morgan fingerprint density at radius 3 is 2.81 bits per heavy atom. The van der Waals surface area contributed by atoms with E-state index in [1.807, 2.05) is 4.90 Å². The summed E-state index contributed by atoms with van der Waals surface area (Å²) in [7, 11) is 1.49. The second kappa shape index (κ2) is 8.29. The van der Waals surface area contributed by atoms with Crippen LogP contribution in [0.5, 0.6) is 17.2 Å². The van der Waals surface area contributed by atoms with Crippen LogP contribution >= 0.6 is 0 Å². The van der Waals surface area contributed by atoms with Crippen LogP contribution in [0.1, 0.15) is 43.0 Å². The summed E-state index contributed by atoms with van der Waals surface area (Å²) in [5.41, 5.74) is 0.268. The Bertz CT molecular complexity index is 657. The lowest BCUT2D eigenvalue weighted by Crippen LogP contribution is -2.45. The molecule has 0 bridgehead atoms. The number of nitrogens with zero attached hydrogens (tertiary/aromatic N) is 1. The number of hydrogen-bond acceptors (Lipinski definition) is 6. The molecule has 26 heavy (non-hydrogen) atoms. The van der Waals surface area contributed by atoms with Gasteiger partial charge in [0.2, 0.25) is 5.75 Å². The molecule has 1 amide bonds. The molecule has 0 aromatic heterocycles. The lowest BCUT2D eigenvalue weighted by Gasteiger charge is -2.35. The smallest absolute Gasteiger partial charge is 0.338 e. The number of methoxy groups -OCH3 is 1. The minimum atomic E-state index is -0.585. The lowest BCUT2D eigenvalue weighted by molar-refractivity contribution is -0.138. The fourth-order valence-electron chi connectivity index (χ4n) is 3.44. The molecule has 0 N–H and O–H groups in total. The first kappa shape index (κ1) is 18.4. The average molecular weight is 363 g/mol. The molecular weight excluding hydrogens is 338 g/mol. The van der Waals surface area contributed by atoms with Gasteiger partial charge in [-0.05, 0) is 37.8 Å². The van der Waals surface area contributed by atoms with Crippen molar-refractivity contribution in [1.29, 1.82) is 0 Å². The molecule has 2 aliphatic rings. The molecule has 1 atom stereocenters. The van der Waals surface area contributed by atoms with Crippen molar-refractivity contribution >= 4 is 11.9 Å². The van der Waals surface area contributed by atoms with Crippen LogP contribution in [-0.4, -0.2) is 56.3 Å². The number of piperidine rings is 1. The van der Waals surface area contributed by atoms with Gasteiger partial charge in [0.25, 0.3) is 5.91 Å². The fraction of sp³-hybridized carbons (Fsp3) is 0.579. The van der Waals surface area contributed by atoms with Crippen LogP contribution in [0, 0.1) is 0 Å². The molecule has 1 saturated heterocycles. The predicted octanol–water partition coefficient (Wildman–Crippen LogP) is 2.41. The number of esters is 1. The monoisotopic (exact) mass is 363 g/mol. The van der Waals surface area contributed by atoms with Gasteiger partial charge in [0.05, 0.1) is 12.7 Å². The summed E-state index contributed by atoms with van der Waals surface area (Å²) >= 11 is 0. The number of carbonyl (C=O) groups is 2. The van der Waals surface area contributed by atoms with Crippen LogP contribution in [0.25, 0.3) is 0 Å². The van der Waals surface area contributed by atoms with E-state index in [1.54, 1.807) is 6.07 Å². The van der Waals surface area contributed by atoms with Crippen LogP contribution < -0.4 is 14.2 Å². The second-order valence-electron chi connectivity index (χ2n) is 6.42. The third-order valence-corrected chi connectivity index (χ3v) is 4.81. The van der Waals surface area contributed by atoms with Gasteiger partial charge in [-0.1, -0.05) is 6.92 Å². The first-order chi connectivity index (χ1) is 12.6. The van der Waals surface area contributed by atoms with E-state index in [0.717, 1.165) is 32.2 Å². The fourth-order valence-corrected chi connectivity index (χ4v) is 3.44. The van der Waals surface area contributed by atoms with Gasteiger partial charge in [0.15, 0.2) is 18.1 Å². The molecule has 0 aliphatic carbocycles. The highest BCUT2D eigenvalue weighted by Gasteiger charge is 2.27. The molecule has 7 nitrogen and oxygen atoms in total. The number of amides is 1.